The van der Waals surface area contributed by atoms with Gasteiger partial charge in [-0.2, -0.15) is 0 Å². The molecule has 0 aliphatic carbocycles. The van der Waals surface area contributed by atoms with Crippen molar-refractivity contribution in [2.45, 2.75) is 13.1 Å². The Bertz CT molecular complexity index is 876. The third-order valence-electron chi connectivity index (χ3n) is 3.40. The van der Waals surface area contributed by atoms with Crippen LogP contribution in [0.15, 0.2) is 39.8 Å². The fraction of sp³-hybridized carbons (Fsp3) is 0.133. The van der Waals surface area contributed by atoms with Gasteiger partial charge < -0.3 is 5.11 Å². The number of benzene rings is 2. The maximum absolute atomic E-state index is 12.2. The lowest BCUT2D eigenvalue weighted by Crippen LogP contribution is -2.76. The second-order valence-corrected chi connectivity index (χ2v) is 5.88. The third kappa shape index (κ3) is 2.42. The van der Waals surface area contributed by atoms with Crippen molar-refractivity contribution in [3.05, 3.63) is 62.2 Å². The smallest absolute Gasteiger partial charge is 0.271 e. The van der Waals surface area contributed by atoms with Crippen LogP contribution in [0.25, 0.3) is 0 Å². The minimum Gasteiger partial charge on any atom is -0.871 e. The molecule has 0 aromatic heterocycles. The van der Waals surface area contributed by atoms with E-state index in [1.54, 1.807) is 6.07 Å². The monoisotopic (exact) mass is 345 g/mol. The molecule has 1 aliphatic rings. The largest absolute Gasteiger partial charge is 0.871 e. The van der Waals surface area contributed by atoms with Crippen LogP contribution in [0.5, 0.6) is 5.75 Å². The van der Waals surface area contributed by atoms with Gasteiger partial charge >= 0.3 is 0 Å². The summed E-state index contributed by atoms with van der Waals surface area (Å²) in [5.41, 5.74) is 7.94. The van der Waals surface area contributed by atoms with Gasteiger partial charge in [0.15, 0.2) is 0 Å². The molecule has 5 N–H and O–H groups in total. The molecule has 0 saturated carbocycles. The highest BCUT2D eigenvalue weighted by Crippen LogP contribution is 2.30. The molecule has 0 spiro atoms. The van der Waals surface area contributed by atoms with E-state index < -0.39 is 6.17 Å². The Kier molecular flexibility index (Phi) is 3.25. The fourth-order valence-electron chi connectivity index (χ4n) is 2.36. The number of rotatable bonds is 2. The van der Waals surface area contributed by atoms with E-state index in [-0.39, 0.29) is 11.6 Å². The van der Waals surface area contributed by atoms with Gasteiger partial charge in [-0.1, -0.05) is 21.7 Å². The van der Waals surface area contributed by atoms with Gasteiger partial charge in [-0.05, 0) is 36.8 Å². The van der Waals surface area contributed by atoms with E-state index in [2.05, 4.69) is 25.9 Å². The van der Waals surface area contributed by atoms with Crippen molar-refractivity contribution in [2.24, 2.45) is 10.7 Å². The second kappa shape index (κ2) is 4.96. The summed E-state index contributed by atoms with van der Waals surface area (Å²) >= 11 is 3.29. The summed E-state index contributed by atoms with van der Waals surface area (Å²) in [6, 6.07) is 9.15. The van der Waals surface area contributed by atoms with Crippen molar-refractivity contribution in [1.29, 1.82) is 0 Å². The zero-order valence-corrected chi connectivity index (χ0v) is 12.9. The Morgan fingerprint density at radius 2 is 2.14 bits per heavy atom. The number of halogens is 1. The second-order valence-electron chi connectivity index (χ2n) is 5.03. The van der Waals surface area contributed by atoms with Crippen LogP contribution in [0.2, 0.25) is 0 Å². The van der Waals surface area contributed by atoms with Gasteiger partial charge in [0.05, 0.1) is 5.56 Å². The predicted octanol–water partition coefficient (Wildman–Crippen LogP) is -2.67. The summed E-state index contributed by atoms with van der Waals surface area (Å²) in [7, 11) is 0. The number of hydrogen-bond acceptors (Lipinski definition) is 2. The number of nitrogens with zero attached hydrogens (tertiary/aromatic N) is 1. The lowest BCUT2D eigenvalue weighted by Gasteiger charge is -2.16. The number of amidine groups is 1. The average Bonchev–Trinajstić information content (AvgIpc) is 2.85. The van der Waals surface area contributed by atoms with Gasteiger partial charge in [0, 0.05) is 16.1 Å². The Hall–Kier alpha value is -2.21. The molecule has 0 bridgehead atoms. The lowest BCUT2D eigenvalue weighted by atomic mass is 10.1. The fourth-order valence-corrected chi connectivity index (χ4v) is 2.95. The molecule has 106 valence electrons. The van der Waals surface area contributed by atoms with Crippen molar-refractivity contribution >= 4 is 21.8 Å². The Balaban J connectivity index is 2.13. The van der Waals surface area contributed by atoms with Crippen LogP contribution < -0.4 is 32.0 Å². The number of nitrogens with two attached hydrogens (primary N) is 2. The molecular formula is C15H14BrN4O+. The Morgan fingerprint density at radius 1 is 1.38 bits per heavy atom. The summed E-state index contributed by atoms with van der Waals surface area (Å²) in [6.07, 6.45) is -0.391. The Labute approximate surface area is 129 Å². The molecule has 2 aromatic rings. The van der Waals surface area contributed by atoms with E-state index in [4.69, 9.17) is 11.1 Å². The van der Waals surface area contributed by atoms with Crippen molar-refractivity contribution < 1.29 is 15.5 Å². The summed E-state index contributed by atoms with van der Waals surface area (Å²) in [5, 5.41) is 19.5. The van der Waals surface area contributed by atoms with Crippen molar-refractivity contribution in [3.63, 3.8) is 0 Å². The first-order valence-electron chi connectivity index (χ1n) is 6.42. The van der Waals surface area contributed by atoms with Crippen LogP contribution >= 0.6 is 15.9 Å². The maximum atomic E-state index is 12.2. The van der Waals surface area contributed by atoms with Crippen molar-refractivity contribution in [3.8, 4) is 5.75 Å². The molecule has 1 unspecified atom stereocenters. The maximum Gasteiger partial charge on any atom is 0.271 e. The van der Waals surface area contributed by atoms with Gasteiger partial charge in [0.2, 0.25) is 5.36 Å². The lowest BCUT2D eigenvalue weighted by molar-refractivity contribution is -0.542. The first-order chi connectivity index (χ1) is 9.95. The van der Waals surface area contributed by atoms with E-state index in [1.165, 1.54) is 0 Å². The van der Waals surface area contributed by atoms with E-state index >= 15 is 0 Å². The first kappa shape index (κ1) is 13.8. The molecule has 0 saturated heterocycles. The average molecular weight is 346 g/mol. The minimum absolute atomic E-state index is 0.0558. The van der Waals surface area contributed by atoms with Crippen molar-refractivity contribution in [2.75, 3.05) is 0 Å². The minimum atomic E-state index is -0.391. The molecule has 5 nitrogen and oxygen atoms in total. The van der Waals surface area contributed by atoms with Gasteiger partial charge in [-0.3, -0.25) is 11.1 Å². The summed E-state index contributed by atoms with van der Waals surface area (Å²) < 4.78 is 0.547. The molecule has 1 atom stereocenters. The zero-order chi connectivity index (χ0) is 15.1. The molecule has 3 rings (SSSR count). The number of fused-ring (bicyclic) bond motifs is 1. The third-order valence-corrected chi connectivity index (χ3v) is 3.99. The zero-order valence-electron chi connectivity index (χ0n) is 11.4. The van der Waals surface area contributed by atoms with Gasteiger partial charge in [-0.15, -0.1) is 0 Å². The molecule has 0 radical (unpaired) electrons. The van der Waals surface area contributed by atoms with E-state index in [9.17, 15) is 5.11 Å². The standard InChI is InChI=1S/C15H13BrN4O/c1-7-4-9(13(21)10(16)5-7)15-19-11-3-2-8(14(17)18)6-12(11)20-15/h2-6,15,21H,1H3,(H3,17,18)/p+1. The van der Waals surface area contributed by atoms with Crippen LogP contribution in [0.3, 0.4) is 0 Å². The first-order valence-corrected chi connectivity index (χ1v) is 7.22. The highest BCUT2D eigenvalue weighted by molar-refractivity contribution is 9.10. The molecule has 2 aromatic carbocycles. The van der Waals surface area contributed by atoms with Crippen LogP contribution in [0.4, 0.5) is 0 Å². The van der Waals surface area contributed by atoms with Gasteiger partial charge in [0.25, 0.3) is 12.0 Å². The van der Waals surface area contributed by atoms with E-state index in [0.29, 0.717) is 10.0 Å². The van der Waals surface area contributed by atoms with Crippen LogP contribution in [-0.4, -0.2) is 5.84 Å². The van der Waals surface area contributed by atoms with E-state index in [1.807, 2.05) is 31.2 Å². The molecular weight excluding hydrogens is 332 g/mol. The molecule has 0 amide bonds. The van der Waals surface area contributed by atoms with Gasteiger partial charge in [-0.25, -0.2) is 9.98 Å². The molecule has 6 heteroatoms. The number of nitrogens with one attached hydrogen (secondary N) is 1. The quantitative estimate of drug-likeness (QED) is 0.408. The summed E-state index contributed by atoms with van der Waals surface area (Å²) in [4.78, 5) is 7.79. The summed E-state index contributed by atoms with van der Waals surface area (Å²) in [6.45, 7) is 1.94. The summed E-state index contributed by atoms with van der Waals surface area (Å²) in [5.74, 6) is 0.194. The highest BCUT2D eigenvalue weighted by Gasteiger charge is 2.21. The van der Waals surface area contributed by atoms with Crippen LogP contribution in [0.1, 0.15) is 22.9 Å². The highest BCUT2D eigenvalue weighted by atomic mass is 79.9. The molecule has 1 heterocycles. The number of hydrogen-bond donors (Lipinski definition) is 3. The van der Waals surface area contributed by atoms with Crippen LogP contribution in [-0.2, 0) is 0 Å². The normalized spacial score (nSPS) is 16.0. The molecule has 21 heavy (non-hydrogen) atoms. The topological polar surface area (TPSA) is 101 Å². The van der Waals surface area contributed by atoms with Crippen molar-refractivity contribution in [1.82, 2.24) is 0 Å². The molecule has 0 fully saturated rings. The van der Waals surface area contributed by atoms with E-state index in [0.717, 1.165) is 21.8 Å². The molecule has 1 aliphatic heterocycles. The SMILES string of the molecule is Cc1cc(Br)c([O-])c(C2N=c3cc(C(N)=[NH2+])ccc3=[NH+]2)c1. The number of aryl methyl sites for hydroxylation is 1. The Morgan fingerprint density at radius 3 is 2.86 bits per heavy atom. The van der Waals surface area contributed by atoms with Gasteiger partial charge in [0.1, 0.15) is 5.36 Å². The van der Waals surface area contributed by atoms with Crippen LogP contribution in [0, 0.1) is 6.92 Å². The predicted molar refractivity (Wildman–Crippen MR) is 78.6 cm³/mol.